The number of hydrogen-bond donors (Lipinski definition) is 2. The van der Waals surface area contributed by atoms with Gasteiger partial charge in [0.15, 0.2) is 5.13 Å². The Labute approximate surface area is 119 Å². The monoisotopic (exact) mass is 291 g/mol. The summed E-state index contributed by atoms with van der Waals surface area (Å²) in [4.78, 5) is 27.4. The van der Waals surface area contributed by atoms with Gasteiger partial charge < -0.3 is 15.8 Å². The molecule has 1 amide bonds. The molecule has 3 N–H and O–H groups in total. The number of hydrogen-bond acceptors (Lipinski definition) is 6. The van der Waals surface area contributed by atoms with E-state index < -0.39 is 5.97 Å². The molecule has 0 radical (unpaired) electrons. The molecular formula is C13H13N3O3S. The van der Waals surface area contributed by atoms with E-state index in [1.165, 1.54) is 18.4 Å². The summed E-state index contributed by atoms with van der Waals surface area (Å²) in [6.07, 6.45) is 0. The molecule has 1 heterocycles. The number of methoxy groups -OCH3 is 1. The zero-order valence-electron chi connectivity index (χ0n) is 11.0. The molecule has 1 aromatic carbocycles. The molecule has 0 atom stereocenters. The maximum Gasteiger partial charge on any atom is 0.337 e. The standard InChI is InChI=1S/C13H13N3O3S/c1-7-3-4-8(12(18)19-2)5-9(7)15-11(17)10-6-20-13(14)16-10/h3-6H,1-2H3,(H2,14,16)(H,15,17). The highest BCUT2D eigenvalue weighted by molar-refractivity contribution is 7.13. The van der Waals surface area contributed by atoms with Crippen molar-refractivity contribution < 1.29 is 14.3 Å². The number of esters is 1. The van der Waals surface area contributed by atoms with Crippen molar-refractivity contribution in [1.29, 1.82) is 0 Å². The minimum absolute atomic E-state index is 0.246. The minimum atomic E-state index is -0.460. The average Bonchev–Trinajstić information content (AvgIpc) is 2.87. The second-order valence-corrected chi connectivity index (χ2v) is 4.94. The molecule has 0 unspecified atom stereocenters. The third-order valence-corrected chi connectivity index (χ3v) is 3.34. The molecule has 1 aromatic heterocycles. The molecular weight excluding hydrogens is 278 g/mol. The second-order valence-electron chi connectivity index (χ2n) is 4.05. The molecule has 0 aliphatic rings. The second kappa shape index (κ2) is 5.70. The SMILES string of the molecule is COC(=O)c1ccc(C)c(NC(=O)c2csc(N)n2)c1. The van der Waals surface area contributed by atoms with E-state index in [0.29, 0.717) is 16.4 Å². The van der Waals surface area contributed by atoms with E-state index in [1.807, 2.05) is 6.92 Å². The minimum Gasteiger partial charge on any atom is -0.465 e. The van der Waals surface area contributed by atoms with E-state index in [2.05, 4.69) is 15.0 Å². The van der Waals surface area contributed by atoms with E-state index in [1.54, 1.807) is 23.6 Å². The lowest BCUT2D eigenvalue weighted by molar-refractivity contribution is 0.0600. The molecule has 0 aliphatic carbocycles. The van der Waals surface area contributed by atoms with Gasteiger partial charge >= 0.3 is 5.97 Å². The van der Waals surface area contributed by atoms with Crippen LogP contribution in [0.1, 0.15) is 26.4 Å². The maximum atomic E-state index is 12.0. The largest absolute Gasteiger partial charge is 0.465 e. The van der Waals surface area contributed by atoms with E-state index >= 15 is 0 Å². The molecule has 0 fully saturated rings. The molecule has 0 saturated carbocycles. The first kappa shape index (κ1) is 14.0. The summed E-state index contributed by atoms with van der Waals surface area (Å²) in [6.45, 7) is 1.83. The normalized spacial score (nSPS) is 10.1. The van der Waals surface area contributed by atoms with Crippen LogP contribution in [0.2, 0.25) is 0 Å². The Morgan fingerprint density at radius 3 is 2.75 bits per heavy atom. The molecule has 7 heteroatoms. The van der Waals surface area contributed by atoms with Crippen molar-refractivity contribution >= 4 is 34.0 Å². The first-order valence-corrected chi connectivity index (χ1v) is 6.60. The Hall–Kier alpha value is -2.41. The van der Waals surface area contributed by atoms with Gasteiger partial charge in [-0.25, -0.2) is 9.78 Å². The summed E-state index contributed by atoms with van der Waals surface area (Å²) in [5.41, 5.74) is 7.46. The third-order valence-electron chi connectivity index (χ3n) is 2.66. The number of carbonyl (C=O) groups excluding carboxylic acids is 2. The first-order chi connectivity index (χ1) is 9.51. The van der Waals surface area contributed by atoms with Crippen LogP contribution in [0, 0.1) is 6.92 Å². The fourth-order valence-electron chi connectivity index (χ4n) is 1.58. The van der Waals surface area contributed by atoms with Crippen LogP contribution in [-0.4, -0.2) is 24.0 Å². The summed E-state index contributed by atoms with van der Waals surface area (Å²) < 4.78 is 4.65. The van der Waals surface area contributed by atoms with Gasteiger partial charge in [0, 0.05) is 11.1 Å². The third kappa shape index (κ3) is 2.94. The average molecular weight is 291 g/mol. The lowest BCUT2D eigenvalue weighted by Gasteiger charge is -2.09. The fourth-order valence-corrected chi connectivity index (χ4v) is 2.12. The number of nitrogen functional groups attached to an aromatic ring is 1. The van der Waals surface area contributed by atoms with Crippen molar-refractivity contribution in [2.45, 2.75) is 6.92 Å². The zero-order valence-corrected chi connectivity index (χ0v) is 11.8. The summed E-state index contributed by atoms with van der Waals surface area (Å²) in [6, 6.07) is 4.93. The molecule has 104 valence electrons. The maximum absolute atomic E-state index is 12.0. The van der Waals surface area contributed by atoms with Crippen LogP contribution >= 0.6 is 11.3 Å². The summed E-state index contributed by atoms with van der Waals surface area (Å²) >= 11 is 1.19. The number of rotatable bonds is 3. The van der Waals surface area contributed by atoms with Gasteiger partial charge in [-0.15, -0.1) is 11.3 Å². The number of benzene rings is 1. The van der Waals surface area contributed by atoms with Crippen molar-refractivity contribution in [2.24, 2.45) is 0 Å². The number of anilines is 2. The van der Waals surface area contributed by atoms with Gasteiger partial charge in [0.05, 0.1) is 12.7 Å². The number of thiazole rings is 1. The number of nitrogens with zero attached hydrogens (tertiary/aromatic N) is 1. The van der Waals surface area contributed by atoms with Crippen molar-refractivity contribution in [2.75, 3.05) is 18.2 Å². The topological polar surface area (TPSA) is 94.3 Å². The molecule has 0 aliphatic heterocycles. The molecule has 0 bridgehead atoms. The van der Waals surface area contributed by atoms with Crippen LogP contribution in [0.4, 0.5) is 10.8 Å². The Kier molecular flexibility index (Phi) is 3.99. The number of carbonyl (C=O) groups is 2. The van der Waals surface area contributed by atoms with Crippen LogP contribution in [-0.2, 0) is 4.74 Å². The Morgan fingerprint density at radius 2 is 2.15 bits per heavy atom. The van der Waals surface area contributed by atoms with Gasteiger partial charge in [-0.05, 0) is 24.6 Å². The van der Waals surface area contributed by atoms with E-state index in [9.17, 15) is 9.59 Å². The molecule has 0 saturated heterocycles. The van der Waals surface area contributed by atoms with E-state index in [0.717, 1.165) is 5.56 Å². The molecule has 2 aromatic rings. The van der Waals surface area contributed by atoms with Crippen LogP contribution in [0.5, 0.6) is 0 Å². The predicted molar refractivity (Wildman–Crippen MR) is 77.0 cm³/mol. The lowest BCUT2D eigenvalue weighted by atomic mass is 10.1. The highest BCUT2D eigenvalue weighted by Crippen LogP contribution is 2.19. The van der Waals surface area contributed by atoms with Gasteiger partial charge in [-0.3, -0.25) is 4.79 Å². The highest BCUT2D eigenvalue weighted by Gasteiger charge is 2.13. The Bertz CT molecular complexity index is 667. The highest BCUT2D eigenvalue weighted by atomic mass is 32.1. The Morgan fingerprint density at radius 1 is 1.40 bits per heavy atom. The van der Waals surface area contributed by atoms with Crippen LogP contribution < -0.4 is 11.1 Å². The number of amides is 1. The first-order valence-electron chi connectivity index (χ1n) is 5.72. The molecule has 0 spiro atoms. The van der Waals surface area contributed by atoms with Gasteiger partial charge in [-0.2, -0.15) is 0 Å². The Balaban J connectivity index is 2.24. The van der Waals surface area contributed by atoms with Gasteiger partial charge in [0.25, 0.3) is 5.91 Å². The van der Waals surface area contributed by atoms with Crippen molar-refractivity contribution in [1.82, 2.24) is 4.98 Å². The molecule has 20 heavy (non-hydrogen) atoms. The quantitative estimate of drug-likeness (QED) is 0.844. The van der Waals surface area contributed by atoms with E-state index in [4.69, 9.17) is 5.73 Å². The predicted octanol–water partition coefficient (Wildman–Crippen LogP) is 2.07. The van der Waals surface area contributed by atoms with Crippen molar-refractivity contribution in [3.8, 4) is 0 Å². The summed E-state index contributed by atoms with van der Waals surface area (Å²) in [5, 5.41) is 4.60. The van der Waals surface area contributed by atoms with Gasteiger partial charge in [0.1, 0.15) is 5.69 Å². The number of ether oxygens (including phenoxy) is 1. The summed E-state index contributed by atoms with van der Waals surface area (Å²) in [7, 11) is 1.30. The number of nitrogens with one attached hydrogen (secondary N) is 1. The van der Waals surface area contributed by atoms with Gasteiger partial charge in [-0.1, -0.05) is 6.07 Å². The smallest absolute Gasteiger partial charge is 0.337 e. The summed E-state index contributed by atoms with van der Waals surface area (Å²) in [5.74, 6) is -0.832. The number of nitrogens with two attached hydrogens (primary N) is 1. The van der Waals surface area contributed by atoms with Crippen LogP contribution in [0.3, 0.4) is 0 Å². The number of aromatic nitrogens is 1. The van der Waals surface area contributed by atoms with E-state index in [-0.39, 0.29) is 11.6 Å². The fraction of sp³-hybridized carbons (Fsp3) is 0.154. The van der Waals surface area contributed by atoms with Gasteiger partial charge in [0.2, 0.25) is 0 Å². The molecule has 2 rings (SSSR count). The lowest BCUT2D eigenvalue weighted by Crippen LogP contribution is -2.14. The van der Waals surface area contributed by atoms with Crippen molar-refractivity contribution in [3.63, 3.8) is 0 Å². The van der Waals surface area contributed by atoms with Crippen molar-refractivity contribution in [3.05, 3.63) is 40.4 Å². The molecule has 6 nitrogen and oxygen atoms in total. The van der Waals surface area contributed by atoms with Crippen LogP contribution in [0.15, 0.2) is 23.6 Å². The van der Waals surface area contributed by atoms with Crippen LogP contribution in [0.25, 0.3) is 0 Å². The zero-order chi connectivity index (χ0) is 14.7. The number of aryl methyl sites for hydroxylation is 1.